The molecule has 0 aliphatic carbocycles. The van der Waals surface area contributed by atoms with Crippen molar-refractivity contribution >= 4 is 37.8 Å². The molecule has 0 spiro atoms. The minimum absolute atomic E-state index is 0.0194. The average molecular weight is 427 g/mol. The first kappa shape index (κ1) is 17.0. The van der Waals surface area contributed by atoms with Crippen LogP contribution < -0.4 is 10.1 Å². The zero-order valence-corrected chi connectivity index (χ0v) is 15.2. The van der Waals surface area contributed by atoms with Crippen molar-refractivity contribution < 1.29 is 9.53 Å². The lowest BCUT2D eigenvalue weighted by atomic mass is 10.1. The van der Waals surface area contributed by atoms with Crippen molar-refractivity contribution in [2.45, 2.75) is 12.8 Å². The maximum Gasteiger partial charge on any atom is 0.257 e. The summed E-state index contributed by atoms with van der Waals surface area (Å²) in [6.45, 7) is 0.671. The van der Waals surface area contributed by atoms with Gasteiger partial charge in [0.05, 0.1) is 4.47 Å². The smallest absolute Gasteiger partial charge is 0.257 e. The summed E-state index contributed by atoms with van der Waals surface area (Å²) in [5.74, 6) is 0.547. The van der Waals surface area contributed by atoms with Gasteiger partial charge in [0.15, 0.2) is 6.61 Å². The molecule has 5 heteroatoms. The highest BCUT2D eigenvalue weighted by Gasteiger charge is 2.05. The van der Waals surface area contributed by atoms with Crippen molar-refractivity contribution in [2.75, 3.05) is 13.2 Å². The minimum Gasteiger partial charge on any atom is -0.483 e. The fraction of sp³-hybridized carbons (Fsp3) is 0.235. The molecule has 2 aromatic rings. The third-order valence-corrected chi connectivity index (χ3v) is 4.17. The average Bonchev–Trinajstić information content (AvgIpc) is 2.52. The number of ether oxygens (including phenoxy) is 1. The highest BCUT2D eigenvalue weighted by Crippen LogP contribution is 2.27. The molecule has 0 saturated carbocycles. The first-order valence-electron chi connectivity index (χ1n) is 7.03. The van der Waals surface area contributed by atoms with Gasteiger partial charge in [-0.3, -0.25) is 4.79 Å². The number of aryl methyl sites for hydroxylation is 1. The van der Waals surface area contributed by atoms with Crippen molar-refractivity contribution in [2.24, 2.45) is 0 Å². The summed E-state index contributed by atoms with van der Waals surface area (Å²) in [5, 5.41) is 2.87. The number of carbonyl (C=O) groups excluding carboxylic acids is 1. The van der Waals surface area contributed by atoms with Crippen LogP contribution in [0.4, 0.5) is 0 Å². The van der Waals surface area contributed by atoms with Crippen LogP contribution in [0.15, 0.2) is 57.5 Å². The highest BCUT2D eigenvalue weighted by molar-refractivity contribution is 9.11. The summed E-state index contributed by atoms with van der Waals surface area (Å²) >= 11 is 6.77. The monoisotopic (exact) mass is 425 g/mol. The number of carbonyl (C=O) groups is 1. The minimum atomic E-state index is -0.108. The van der Waals surface area contributed by atoms with Gasteiger partial charge in [-0.1, -0.05) is 46.3 Å². The molecule has 0 bridgehead atoms. The van der Waals surface area contributed by atoms with Crippen LogP contribution in [-0.2, 0) is 11.2 Å². The number of benzene rings is 2. The molecule has 116 valence electrons. The molecule has 0 heterocycles. The van der Waals surface area contributed by atoms with E-state index in [9.17, 15) is 4.79 Å². The predicted octanol–water partition coefficient (Wildman–Crippen LogP) is 4.34. The van der Waals surface area contributed by atoms with E-state index in [-0.39, 0.29) is 12.5 Å². The second-order valence-electron chi connectivity index (χ2n) is 4.80. The first-order valence-corrected chi connectivity index (χ1v) is 8.62. The lowest BCUT2D eigenvalue weighted by Gasteiger charge is -2.09. The maximum absolute atomic E-state index is 11.7. The first-order chi connectivity index (χ1) is 10.6. The van der Waals surface area contributed by atoms with Gasteiger partial charge in [-0.2, -0.15) is 0 Å². The molecule has 1 amide bonds. The third-order valence-electron chi connectivity index (χ3n) is 3.06. The molecule has 0 fully saturated rings. The topological polar surface area (TPSA) is 38.3 Å². The molecule has 0 unspecified atom stereocenters. The Bertz CT molecular complexity index is 617. The Kier molecular flexibility index (Phi) is 6.93. The van der Waals surface area contributed by atoms with Crippen molar-refractivity contribution in [3.8, 4) is 5.75 Å². The molecule has 2 rings (SSSR count). The van der Waals surface area contributed by atoms with E-state index in [4.69, 9.17) is 4.74 Å². The predicted molar refractivity (Wildman–Crippen MR) is 95.1 cm³/mol. The lowest BCUT2D eigenvalue weighted by molar-refractivity contribution is -0.123. The zero-order valence-electron chi connectivity index (χ0n) is 12.0. The summed E-state index contributed by atoms with van der Waals surface area (Å²) in [4.78, 5) is 11.7. The Balaban J connectivity index is 1.65. The number of hydrogen-bond acceptors (Lipinski definition) is 2. The van der Waals surface area contributed by atoms with E-state index in [0.717, 1.165) is 21.8 Å². The Morgan fingerprint density at radius 2 is 1.86 bits per heavy atom. The van der Waals surface area contributed by atoms with E-state index < -0.39 is 0 Å². The molecule has 0 atom stereocenters. The molecule has 0 aromatic heterocycles. The van der Waals surface area contributed by atoms with Crippen LogP contribution in [-0.4, -0.2) is 19.1 Å². The van der Waals surface area contributed by atoms with Crippen LogP contribution in [0.25, 0.3) is 0 Å². The summed E-state index contributed by atoms with van der Waals surface area (Å²) < 4.78 is 7.26. The summed E-state index contributed by atoms with van der Waals surface area (Å²) in [7, 11) is 0. The SMILES string of the molecule is O=C(COc1ccc(Br)cc1Br)NCCCc1ccccc1. The van der Waals surface area contributed by atoms with E-state index in [1.54, 1.807) is 0 Å². The normalized spacial score (nSPS) is 10.3. The number of nitrogens with one attached hydrogen (secondary N) is 1. The van der Waals surface area contributed by atoms with Crippen LogP contribution in [0.2, 0.25) is 0 Å². The van der Waals surface area contributed by atoms with Gasteiger partial charge in [-0.25, -0.2) is 0 Å². The van der Waals surface area contributed by atoms with Gasteiger partial charge in [-0.05, 0) is 52.5 Å². The molecule has 0 aliphatic heterocycles. The van der Waals surface area contributed by atoms with Crippen LogP contribution in [0.5, 0.6) is 5.75 Å². The Morgan fingerprint density at radius 1 is 1.09 bits per heavy atom. The van der Waals surface area contributed by atoms with E-state index >= 15 is 0 Å². The quantitative estimate of drug-likeness (QED) is 0.668. The number of hydrogen-bond donors (Lipinski definition) is 1. The Hall–Kier alpha value is -1.33. The van der Waals surface area contributed by atoms with Crippen LogP contribution in [0, 0.1) is 0 Å². The van der Waals surface area contributed by atoms with Gasteiger partial charge >= 0.3 is 0 Å². The van der Waals surface area contributed by atoms with Gasteiger partial charge in [-0.15, -0.1) is 0 Å². The molecular weight excluding hydrogens is 410 g/mol. The van der Waals surface area contributed by atoms with E-state index in [2.05, 4.69) is 49.3 Å². The van der Waals surface area contributed by atoms with E-state index in [0.29, 0.717) is 12.3 Å². The van der Waals surface area contributed by atoms with Crippen molar-refractivity contribution in [1.82, 2.24) is 5.32 Å². The fourth-order valence-corrected chi connectivity index (χ4v) is 3.11. The van der Waals surface area contributed by atoms with Gasteiger partial charge in [0, 0.05) is 11.0 Å². The van der Waals surface area contributed by atoms with E-state index in [1.807, 2.05) is 36.4 Å². The molecule has 0 saturated heterocycles. The number of amides is 1. The van der Waals surface area contributed by atoms with Crippen molar-refractivity contribution in [3.05, 3.63) is 63.0 Å². The van der Waals surface area contributed by atoms with Crippen LogP contribution in [0.1, 0.15) is 12.0 Å². The van der Waals surface area contributed by atoms with Gasteiger partial charge < -0.3 is 10.1 Å². The maximum atomic E-state index is 11.7. The molecule has 22 heavy (non-hydrogen) atoms. The fourth-order valence-electron chi connectivity index (χ4n) is 1.95. The highest BCUT2D eigenvalue weighted by atomic mass is 79.9. The molecule has 0 radical (unpaired) electrons. The van der Waals surface area contributed by atoms with Gasteiger partial charge in [0.2, 0.25) is 0 Å². The second kappa shape index (κ2) is 8.96. The second-order valence-corrected chi connectivity index (χ2v) is 6.57. The molecule has 1 N–H and O–H groups in total. The summed E-state index contributed by atoms with van der Waals surface area (Å²) in [5.41, 5.74) is 1.28. The van der Waals surface area contributed by atoms with E-state index in [1.165, 1.54) is 5.56 Å². The Labute approximate surface area is 147 Å². The molecular formula is C17H17Br2NO2. The lowest BCUT2D eigenvalue weighted by Crippen LogP contribution is -2.29. The van der Waals surface area contributed by atoms with Gasteiger partial charge in [0.1, 0.15) is 5.75 Å². The van der Waals surface area contributed by atoms with Crippen LogP contribution in [0.3, 0.4) is 0 Å². The van der Waals surface area contributed by atoms with Crippen molar-refractivity contribution in [3.63, 3.8) is 0 Å². The third kappa shape index (κ3) is 5.81. The molecule has 3 nitrogen and oxygen atoms in total. The standard InChI is InChI=1S/C17H17Br2NO2/c18-14-8-9-16(15(19)11-14)22-12-17(21)20-10-4-7-13-5-2-1-3-6-13/h1-3,5-6,8-9,11H,4,7,10,12H2,(H,20,21). The zero-order chi connectivity index (χ0) is 15.8. The largest absolute Gasteiger partial charge is 0.483 e. The summed E-state index contributed by atoms with van der Waals surface area (Å²) in [6, 6.07) is 15.8. The molecule has 0 aliphatic rings. The Morgan fingerprint density at radius 3 is 2.59 bits per heavy atom. The van der Waals surface area contributed by atoms with Gasteiger partial charge in [0.25, 0.3) is 5.91 Å². The number of halogens is 2. The van der Waals surface area contributed by atoms with Crippen LogP contribution >= 0.6 is 31.9 Å². The number of rotatable bonds is 7. The molecule has 2 aromatic carbocycles. The summed E-state index contributed by atoms with van der Waals surface area (Å²) in [6.07, 6.45) is 1.87. The van der Waals surface area contributed by atoms with Crippen molar-refractivity contribution in [1.29, 1.82) is 0 Å².